The first-order valence-corrected chi connectivity index (χ1v) is 11.2. The second kappa shape index (κ2) is 7.94. The molecule has 1 fully saturated rings. The summed E-state index contributed by atoms with van der Waals surface area (Å²) >= 11 is 0.917. The van der Waals surface area contributed by atoms with E-state index in [1.807, 2.05) is 44.2 Å². The summed E-state index contributed by atoms with van der Waals surface area (Å²) in [5, 5.41) is 13.4. The SMILES string of the molecule is Cc1c(C=C2SC(=O)NC2=O)cc(C)c2c1c1ccccc1n2Cc1ccc(C(=O)O)cc1. The molecule has 4 aromatic rings. The van der Waals surface area contributed by atoms with Crippen molar-refractivity contribution in [2.75, 3.05) is 0 Å². The van der Waals surface area contributed by atoms with Gasteiger partial charge in [-0.15, -0.1) is 0 Å². The number of hydrogen-bond donors (Lipinski definition) is 2. The minimum Gasteiger partial charge on any atom is -0.478 e. The van der Waals surface area contributed by atoms with Crippen molar-refractivity contribution in [3.05, 3.63) is 87.3 Å². The summed E-state index contributed by atoms with van der Waals surface area (Å²) in [5.41, 5.74) is 6.43. The van der Waals surface area contributed by atoms with Gasteiger partial charge in [-0.05, 0) is 78.2 Å². The molecule has 0 unspecified atom stereocenters. The number of aryl methyl sites for hydroxylation is 2. The zero-order valence-electron chi connectivity index (χ0n) is 18.0. The van der Waals surface area contributed by atoms with Crippen molar-refractivity contribution in [1.29, 1.82) is 0 Å². The Balaban J connectivity index is 1.70. The molecule has 0 bridgehead atoms. The summed E-state index contributed by atoms with van der Waals surface area (Å²) in [6, 6.07) is 17.2. The minimum absolute atomic E-state index is 0.262. The summed E-state index contributed by atoms with van der Waals surface area (Å²) in [7, 11) is 0. The fourth-order valence-electron chi connectivity index (χ4n) is 4.46. The average molecular weight is 457 g/mol. The van der Waals surface area contributed by atoms with Crippen LogP contribution in [0.2, 0.25) is 0 Å². The Hall–Kier alpha value is -3.84. The normalized spacial score (nSPS) is 15.0. The van der Waals surface area contributed by atoms with Gasteiger partial charge in [-0.2, -0.15) is 0 Å². The first-order chi connectivity index (χ1) is 15.8. The van der Waals surface area contributed by atoms with Gasteiger partial charge in [0.25, 0.3) is 11.1 Å². The van der Waals surface area contributed by atoms with E-state index < -0.39 is 5.97 Å². The van der Waals surface area contributed by atoms with Gasteiger partial charge in [0.2, 0.25) is 0 Å². The molecule has 0 radical (unpaired) electrons. The van der Waals surface area contributed by atoms with E-state index >= 15 is 0 Å². The van der Waals surface area contributed by atoms with Crippen LogP contribution in [0.1, 0.15) is 32.6 Å². The molecule has 2 heterocycles. The van der Waals surface area contributed by atoms with Gasteiger partial charge >= 0.3 is 5.97 Å². The Labute approximate surface area is 193 Å². The molecule has 2 N–H and O–H groups in total. The summed E-state index contributed by atoms with van der Waals surface area (Å²) in [5.74, 6) is -1.31. The van der Waals surface area contributed by atoms with E-state index in [4.69, 9.17) is 0 Å². The molecular formula is C26H20N2O4S. The number of carboxylic acid groups (broad SMARTS) is 1. The predicted octanol–water partition coefficient (Wildman–Crippen LogP) is 5.48. The maximum atomic E-state index is 12.1. The van der Waals surface area contributed by atoms with Crippen LogP contribution in [0.3, 0.4) is 0 Å². The lowest BCUT2D eigenvalue weighted by Crippen LogP contribution is -2.17. The molecule has 33 heavy (non-hydrogen) atoms. The van der Waals surface area contributed by atoms with Crippen molar-refractivity contribution in [2.45, 2.75) is 20.4 Å². The smallest absolute Gasteiger partial charge is 0.335 e. The second-order valence-electron chi connectivity index (χ2n) is 8.09. The zero-order chi connectivity index (χ0) is 23.3. The van der Waals surface area contributed by atoms with E-state index in [1.54, 1.807) is 18.2 Å². The number of benzene rings is 3. The standard InChI is InChI=1S/C26H20N2O4S/c1-14-11-18(12-21-24(29)27-26(32)33-21)15(2)22-19-5-3-4-6-20(19)28(23(14)22)13-16-7-9-17(10-8-16)25(30)31/h3-12H,13H2,1-2H3,(H,30,31)(H,27,29,32). The van der Waals surface area contributed by atoms with Crippen LogP contribution in [0.5, 0.6) is 0 Å². The largest absolute Gasteiger partial charge is 0.478 e. The lowest BCUT2D eigenvalue weighted by molar-refractivity contribution is -0.115. The first kappa shape index (κ1) is 21.0. The van der Waals surface area contributed by atoms with E-state index in [9.17, 15) is 19.5 Å². The Morgan fingerprint density at radius 3 is 2.48 bits per heavy atom. The molecule has 3 aromatic carbocycles. The third kappa shape index (κ3) is 3.60. The number of rotatable bonds is 4. The van der Waals surface area contributed by atoms with Crippen molar-refractivity contribution < 1.29 is 19.5 Å². The van der Waals surface area contributed by atoms with Gasteiger partial charge in [0, 0.05) is 22.8 Å². The van der Waals surface area contributed by atoms with Crippen LogP contribution >= 0.6 is 11.8 Å². The number of thioether (sulfide) groups is 1. The summed E-state index contributed by atoms with van der Waals surface area (Å²) in [4.78, 5) is 35.2. The molecule has 1 aromatic heterocycles. The highest BCUT2D eigenvalue weighted by atomic mass is 32.2. The number of carboxylic acids is 1. The van der Waals surface area contributed by atoms with Crippen LogP contribution in [-0.4, -0.2) is 26.8 Å². The van der Waals surface area contributed by atoms with Crippen molar-refractivity contribution in [1.82, 2.24) is 9.88 Å². The number of carbonyl (C=O) groups excluding carboxylic acids is 2. The molecule has 1 aliphatic heterocycles. The lowest BCUT2D eigenvalue weighted by Gasteiger charge is -2.12. The number of aromatic nitrogens is 1. The van der Waals surface area contributed by atoms with Crippen molar-refractivity contribution in [3.63, 3.8) is 0 Å². The van der Waals surface area contributed by atoms with Crippen molar-refractivity contribution in [2.24, 2.45) is 0 Å². The van der Waals surface area contributed by atoms with E-state index in [2.05, 4.69) is 22.0 Å². The molecule has 0 saturated carbocycles. The lowest BCUT2D eigenvalue weighted by atomic mass is 9.98. The molecule has 6 nitrogen and oxygen atoms in total. The highest BCUT2D eigenvalue weighted by molar-refractivity contribution is 8.18. The van der Waals surface area contributed by atoms with Crippen LogP contribution in [0, 0.1) is 13.8 Å². The molecular weight excluding hydrogens is 436 g/mol. The highest BCUT2D eigenvalue weighted by Crippen LogP contribution is 2.37. The number of hydrogen-bond acceptors (Lipinski definition) is 4. The number of fused-ring (bicyclic) bond motifs is 3. The molecule has 5 rings (SSSR count). The minimum atomic E-state index is -0.942. The Morgan fingerprint density at radius 1 is 1.09 bits per heavy atom. The second-order valence-corrected chi connectivity index (χ2v) is 9.10. The quantitative estimate of drug-likeness (QED) is 0.397. The van der Waals surface area contributed by atoms with Crippen LogP contribution in [0.25, 0.3) is 27.9 Å². The van der Waals surface area contributed by atoms with Crippen molar-refractivity contribution in [3.8, 4) is 0 Å². The predicted molar refractivity (Wildman–Crippen MR) is 131 cm³/mol. The first-order valence-electron chi connectivity index (χ1n) is 10.4. The number of amides is 2. The zero-order valence-corrected chi connectivity index (χ0v) is 18.8. The third-order valence-electron chi connectivity index (χ3n) is 5.99. The van der Waals surface area contributed by atoms with Crippen LogP contribution < -0.4 is 5.32 Å². The maximum absolute atomic E-state index is 12.1. The molecule has 164 valence electrons. The van der Waals surface area contributed by atoms with Gasteiger partial charge in [0.1, 0.15) is 0 Å². The topological polar surface area (TPSA) is 88.4 Å². The molecule has 1 saturated heterocycles. The van der Waals surface area contributed by atoms with Gasteiger partial charge in [-0.1, -0.05) is 30.3 Å². The number of para-hydroxylation sites is 1. The maximum Gasteiger partial charge on any atom is 0.335 e. The van der Waals surface area contributed by atoms with E-state index in [0.29, 0.717) is 11.4 Å². The van der Waals surface area contributed by atoms with E-state index in [-0.39, 0.29) is 16.7 Å². The Bertz CT molecular complexity index is 1510. The van der Waals surface area contributed by atoms with Crippen LogP contribution in [0.15, 0.2) is 59.5 Å². The number of aromatic carboxylic acids is 1. The van der Waals surface area contributed by atoms with Gasteiger partial charge in [-0.25, -0.2) is 4.79 Å². The van der Waals surface area contributed by atoms with Gasteiger partial charge in [-0.3, -0.25) is 14.9 Å². The van der Waals surface area contributed by atoms with E-state index in [0.717, 1.165) is 55.8 Å². The van der Waals surface area contributed by atoms with Gasteiger partial charge in [0.05, 0.1) is 16.0 Å². The Kier molecular flexibility index (Phi) is 5.06. The van der Waals surface area contributed by atoms with Gasteiger partial charge < -0.3 is 9.67 Å². The summed E-state index contributed by atoms with van der Waals surface area (Å²) in [6.45, 7) is 4.67. The average Bonchev–Trinajstić information content (AvgIpc) is 3.29. The molecule has 0 atom stereocenters. The fraction of sp³-hybridized carbons (Fsp3) is 0.115. The fourth-order valence-corrected chi connectivity index (χ4v) is 5.13. The van der Waals surface area contributed by atoms with Gasteiger partial charge in [0.15, 0.2) is 0 Å². The number of nitrogens with zero attached hydrogens (tertiary/aromatic N) is 1. The molecule has 1 aliphatic rings. The number of nitrogens with one attached hydrogen (secondary N) is 1. The number of imide groups is 1. The molecule has 0 spiro atoms. The Morgan fingerprint density at radius 2 is 1.82 bits per heavy atom. The summed E-state index contributed by atoms with van der Waals surface area (Å²) < 4.78 is 2.25. The number of carbonyl (C=O) groups is 3. The van der Waals surface area contributed by atoms with Crippen LogP contribution in [-0.2, 0) is 11.3 Å². The molecule has 7 heteroatoms. The highest BCUT2D eigenvalue weighted by Gasteiger charge is 2.26. The monoisotopic (exact) mass is 456 g/mol. The van der Waals surface area contributed by atoms with Crippen LogP contribution in [0.4, 0.5) is 4.79 Å². The summed E-state index contributed by atoms with van der Waals surface area (Å²) in [6.07, 6.45) is 1.78. The van der Waals surface area contributed by atoms with E-state index in [1.165, 1.54) is 0 Å². The third-order valence-corrected chi connectivity index (χ3v) is 6.81. The van der Waals surface area contributed by atoms with Crippen molar-refractivity contribution >= 4 is 56.8 Å². The molecule has 2 amide bonds. The molecule has 0 aliphatic carbocycles.